The molecule has 4 nitrogen and oxygen atoms in total. The zero-order chi connectivity index (χ0) is 14.3. The molecule has 0 fully saturated rings. The highest BCUT2D eigenvalue weighted by Crippen LogP contribution is 2.30. The van der Waals surface area contributed by atoms with Crippen molar-refractivity contribution < 1.29 is 14.2 Å². The van der Waals surface area contributed by atoms with Gasteiger partial charge < -0.3 is 19.5 Å². The predicted octanol–water partition coefficient (Wildman–Crippen LogP) is 2.64. The first kappa shape index (κ1) is 15.8. The maximum atomic E-state index is 5.70. The Morgan fingerprint density at radius 2 is 1.74 bits per heavy atom. The fourth-order valence-corrected chi connectivity index (χ4v) is 1.84. The van der Waals surface area contributed by atoms with E-state index in [1.54, 1.807) is 14.2 Å². The second-order valence-corrected chi connectivity index (χ2v) is 4.89. The largest absolute Gasteiger partial charge is 0.493 e. The van der Waals surface area contributed by atoms with Gasteiger partial charge in [0.25, 0.3) is 0 Å². The maximum absolute atomic E-state index is 5.70. The van der Waals surface area contributed by atoms with E-state index in [1.807, 2.05) is 25.2 Å². The van der Waals surface area contributed by atoms with Crippen molar-refractivity contribution in [1.82, 2.24) is 5.32 Å². The molecule has 108 valence electrons. The SMILES string of the molecule is CNC(COCC(C)C)c1ccc(OC)c(OC)c1. The first-order valence-corrected chi connectivity index (χ1v) is 6.59. The van der Waals surface area contributed by atoms with Crippen LogP contribution in [0.15, 0.2) is 18.2 Å². The monoisotopic (exact) mass is 267 g/mol. The summed E-state index contributed by atoms with van der Waals surface area (Å²) in [5, 5.41) is 3.26. The summed E-state index contributed by atoms with van der Waals surface area (Å²) in [7, 11) is 5.21. The van der Waals surface area contributed by atoms with Gasteiger partial charge in [-0.15, -0.1) is 0 Å². The Kier molecular flexibility index (Phi) is 6.67. The molecule has 4 heteroatoms. The van der Waals surface area contributed by atoms with Gasteiger partial charge in [-0.2, -0.15) is 0 Å². The molecule has 1 aromatic carbocycles. The molecule has 0 radical (unpaired) electrons. The van der Waals surface area contributed by atoms with E-state index in [2.05, 4.69) is 19.2 Å². The molecule has 0 bridgehead atoms. The molecule has 0 aliphatic carbocycles. The third-order valence-corrected chi connectivity index (χ3v) is 2.89. The lowest BCUT2D eigenvalue weighted by atomic mass is 10.1. The maximum Gasteiger partial charge on any atom is 0.161 e. The lowest BCUT2D eigenvalue weighted by Crippen LogP contribution is -2.22. The molecule has 0 amide bonds. The molecule has 0 spiro atoms. The third-order valence-electron chi connectivity index (χ3n) is 2.89. The Morgan fingerprint density at radius 1 is 1.05 bits per heavy atom. The summed E-state index contributed by atoms with van der Waals surface area (Å²) in [6.45, 7) is 5.70. The van der Waals surface area contributed by atoms with E-state index in [1.165, 1.54) is 0 Å². The van der Waals surface area contributed by atoms with Crippen molar-refractivity contribution in [2.24, 2.45) is 5.92 Å². The lowest BCUT2D eigenvalue weighted by Gasteiger charge is -2.19. The summed E-state index contributed by atoms with van der Waals surface area (Å²) in [5.41, 5.74) is 1.13. The van der Waals surface area contributed by atoms with Gasteiger partial charge in [0.05, 0.1) is 26.9 Å². The average molecular weight is 267 g/mol. The number of methoxy groups -OCH3 is 2. The number of likely N-dealkylation sites (N-methyl/N-ethyl adjacent to an activating group) is 1. The van der Waals surface area contributed by atoms with Crippen molar-refractivity contribution in [1.29, 1.82) is 0 Å². The van der Waals surface area contributed by atoms with Gasteiger partial charge >= 0.3 is 0 Å². The Hall–Kier alpha value is -1.26. The Bertz CT molecular complexity index is 380. The van der Waals surface area contributed by atoms with Crippen molar-refractivity contribution in [2.45, 2.75) is 19.9 Å². The quantitative estimate of drug-likeness (QED) is 0.786. The van der Waals surface area contributed by atoms with Crippen molar-refractivity contribution in [3.63, 3.8) is 0 Å². The molecule has 0 aromatic heterocycles. The van der Waals surface area contributed by atoms with Crippen LogP contribution < -0.4 is 14.8 Å². The molecular weight excluding hydrogens is 242 g/mol. The summed E-state index contributed by atoms with van der Waals surface area (Å²) in [5.74, 6) is 2.02. The van der Waals surface area contributed by atoms with Crippen LogP contribution in [-0.2, 0) is 4.74 Å². The molecule has 0 saturated heterocycles. The molecule has 0 aliphatic heterocycles. The number of hydrogen-bond donors (Lipinski definition) is 1. The number of rotatable bonds is 8. The highest BCUT2D eigenvalue weighted by Gasteiger charge is 2.13. The summed E-state index contributed by atoms with van der Waals surface area (Å²) in [4.78, 5) is 0. The van der Waals surface area contributed by atoms with E-state index in [0.29, 0.717) is 12.5 Å². The van der Waals surface area contributed by atoms with Crippen LogP contribution in [0.25, 0.3) is 0 Å². The normalized spacial score (nSPS) is 12.5. The molecule has 0 aliphatic rings. The van der Waals surface area contributed by atoms with Gasteiger partial charge in [-0.25, -0.2) is 0 Å². The van der Waals surface area contributed by atoms with E-state index < -0.39 is 0 Å². The fourth-order valence-electron chi connectivity index (χ4n) is 1.84. The lowest BCUT2D eigenvalue weighted by molar-refractivity contribution is 0.0918. The van der Waals surface area contributed by atoms with Gasteiger partial charge in [0.1, 0.15) is 0 Å². The minimum absolute atomic E-state index is 0.151. The smallest absolute Gasteiger partial charge is 0.161 e. The second-order valence-electron chi connectivity index (χ2n) is 4.89. The molecule has 1 N–H and O–H groups in total. The fraction of sp³-hybridized carbons (Fsp3) is 0.600. The van der Waals surface area contributed by atoms with E-state index in [-0.39, 0.29) is 6.04 Å². The zero-order valence-corrected chi connectivity index (χ0v) is 12.5. The van der Waals surface area contributed by atoms with E-state index in [4.69, 9.17) is 14.2 Å². The van der Waals surface area contributed by atoms with Crippen LogP contribution in [-0.4, -0.2) is 34.5 Å². The molecule has 1 aromatic rings. The van der Waals surface area contributed by atoms with Crippen molar-refractivity contribution in [2.75, 3.05) is 34.5 Å². The van der Waals surface area contributed by atoms with Crippen LogP contribution in [0.5, 0.6) is 11.5 Å². The summed E-state index contributed by atoms with van der Waals surface area (Å²) in [6.07, 6.45) is 0. The first-order chi connectivity index (χ1) is 9.12. The zero-order valence-electron chi connectivity index (χ0n) is 12.5. The van der Waals surface area contributed by atoms with Crippen molar-refractivity contribution in [3.8, 4) is 11.5 Å². The summed E-state index contributed by atoms with van der Waals surface area (Å²) >= 11 is 0. The molecule has 1 unspecified atom stereocenters. The van der Waals surface area contributed by atoms with Crippen molar-refractivity contribution in [3.05, 3.63) is 23.8 Å². The topological polar surface area (TPSA) is 39.7 Å². The van der Waals surface area contributed by atoms with Gasteiger partial charge in [-0.05, 0) is 30.7 Å². The van der Waals surface area contributed by atoms with Crippen LogP contribution in [0.3, 0.4) is 0 Å². The predicted molar refractivity (Wildman–Crippen MR) is 77.0 cm³/mol. The highest BCUT2D eigenvalue weighted by atomic mass is 16.5. The third kappa shape index (κ3) is 4.73. The van der Waals surface area contributed by atoms with Gasteiger partial charge in [-0.3, -0.25) is 0 Å². The van der Waals surface area contributed by atoms with Gasteiger partial charge in [0, 0.05) is 6.61 Å². The molecule has 1 atom stereocenters. The second kappa shape index (κ2) is 8.02. The van der Waals surface area contributed by atoms with E-state index >= 15 is 0 Å². The Balaban J connectivity index is 2.75. The minimum Gasteiger partial charge on any atom is -0.493 e. The van der Waals surface area contributed by atoms with Gasteiger partial charge in [0.2, 0.25) is 0 Å². The number of benzene rings is 1. The number of nitrogens with one attached hydrogen (secondary N) is 1. The minimum atomic E-state index is 0.151. The van der Waals surface area contributed by atoms with Crippen LogP contribution in [0.4, 0.5) is 0 Å². The van der Waals surface area contributed by atoms with Crippen molar-refractivity contribution >= 4 is 0 Å². The Labute approximate surface area is 116 Å². The molecular formula is C15H25NO3. The first-order valence-electron chi connectivity index (χ1n) is 6.59. The van der Waals surface area contributed by atoms with Crippen LogP contribution in [0.2, 0.25) is 0 Å². The average Bonchev–Trinajstić information content (AvgIpc) is 2.42. The molecule has 19 heavy (non-hydrogen) atoms. The standard InChI is InChI=1S/C15H25NO3/c1-11(2)9-19-10-13(16-3)12-6-7-14(17-4)15(8-12)18-5/h6-8,11,13,16H,9-10H2,1-5H3. The Morgan fingerprint density at radius 3 is 2.26 bits per heavy atom. The molecule has 1 rings (SSSR count). The summed E-state index contributed by atoms with van der Waals surface area (Å²) < 4.78 is 16.3. The molecule has 0 saturated carbocycles. The number of ether oxygens (including phenoxy) is 3. The highest BCUT2D eigenvalue weighted by molar-refractivity contribution is 5.43. The van der Waals surface area contributed by atoms with Gasteiger partial charge in [-0.1, -0.05) is 19.9 Å². The van der Waals surface area contributed by atoms with E-state index in [9.17, 15) is 0 Å². The van der Waals surface area contributed by atoms with Crippen LogP contribution in [0, 0.1) is 5.92 Å². The van der Waals surface area contributed by atoms with Crippen LogP contribution >= 0.6 is 0 Å². The summed E-state index contributed by atoms with van der Waals surface area (Å²) in [6, 6.07) is 6.08. The molecule has 0 heterocycles. The van der Waals surface area contributed by atoms with E-state index in [0.717, 1.165) is 23.7 Å². The van der Waals surface area contributed by atoms with Crippen LogP contribution in [0.1, 0.15) is 25.5 Å². The van der Waals surface area contributed by atoms with Gasteiger partial charge in [0.15, 0.2) is 11.5 Å². The number of hydrogen-bond acceptors (Lipinski definition) is 4.